The van der Waals surface area contributed by atoms with Crippen LogP contribution in [0.1, 0.15) is 20.3 Å². The summed E-state index contributed by atoms with van der Waals surface area (Å²) in [5.74, 6) is -0.984. The number of benzene rings is 1. The first-order valence-corrected chi connectivity index (χ1v) is 8.63. The maximum atomic E-state index is 12.4. The van der Waals surface area contributed by atoms with Crippen molar-refractivity contribution >= 4 is 16.0 Å². The summed E-state index contributed by atoms with van der Waals surface area (Å²) in [7, 11) is -1.03. The third-order valence-corrected chi connectivity index (χ3v) is 4.66. The van der Waals surface area contributed by atoms with E-state index in [1.165, 1.54) is 26.4 Å². The molecule has 2 N–H and O–H groups in total. The summed E-state index contributed by atoms with van der Waals surface area (Å²) >= 11 is 0. The van der Waals surface area contributed by atoms with E-state index in [1.807, 2.05) is 13.8 Å². The number of aliphatic carboxylic acids is 1. The highest BCUT2D eigenvalue weighted by Crippen LogP contribution is 2.25. The summed E-state index contributed by atoms with van der Waals surface area (Å²) < 4.78 is 37.2. The molecule has 0 saturated carbocycles. The van der Waals surface area contributed by atoms with Gasteiger partial charge in [0.05, 0.1) is 25.0 Å². The minimum Gasteiger partial charge on any atom is -0.497 e. The number of carboxylic acid groups (broad SMARTS) is 1. The molecular weight excluding hydrogens is 322 g/mol. The number of ether oxygens (including phenoxy) is 2. The van der Waals surface area contributed by atoms with Crippen molar-refractivity contribution in [1.29, 1.82) is 0 Å². The molecule has 0 saturated heterocycles. The normalized spacial score (nSPS) is 12.9. The van der Waals surface area contributed by atoms with Crippen LogP contribution in [0.25, 0.3) is 0 Å². The zero-order chi connectivity index (χ0) is 17.6. The van der Waals surface area contributed by atoms with E-state index in [-0.39, 0.29) is 17.4 Å². The second-order valence-electron chi connectivity index (χ2n) is 5.56. The van der Waals surface area contributed by atoms with Crippen LogP contribution in [-0.2, 0) is 14.8 Å². The smallest absolute Gasteiger partial charge is 0.307 e. The fourth-order valence-electron chi connectivity index (χ4n) is 2.07. The summed E-state index contributed by atoms with van der Waals surface area (Å²) in [6.45, 7) is 3.60. The molecule has 0 spiro atoms. The lowest BCUT2D eigenvalue weighted by molar-refractivity contribution is -0.142. The molecule has 0 amide bonds. The number of carboxylic acids is 1. The van der Waals surface area contributed by atoms with Gasteiger partial charge in [-0.05, 0) is 12.3 Å². The molecule has 7 nitrogen and oxygen atoms in total. The fourth-order valence-corrected chi connectivity index (χ4v) is 3.20. The van der Waals surface area contributed by atoms with Crippen molar-refractivity contribution in [2.24, 2.45) is 11.8 Å². The molecule has 0 aliphatic carbocycles. The Bertz CT molecular complexity index is 619. The van der Waals surface area contributed by atoms with Gasteiger partial charge in [0.25, 0.3) is 0 Å². The first-order chi connectivity index (χ1) is 10.7. The fraction of sp³-hybridized carbons (Fsp3) is 0.533. The van der Waals surface area contributed by atoms with Crippen LogP contribution in [-0.4, -0.2) is 40.3 Å². The van der Waals surface area contributed by atoms with E-state index in [1.54, 1.807) is 6.07 Å². The standard InChI is InChI=1S/C15H23NO6S/c1-10(2)5-11(15(17)18)9-16-23(19,20)14-7-12(21-3)6-13(8-14)22-4/h6-8,10-11,16H,5,9H2,1-4H3,(H,17,18). The van der Waals surface area contributed by atoms with Crippen molar-refractivity contribution in [2.75, 3.05) is 20.8 Å². The highest BCUT2D eigenvalue weighted by Gasteiger charge is 2.23. The summed E-state index contributed by atoms with van der Waals surface area (Å²) in [4.78, 5) is 11.2. The average Bonchev–Trinajstić information content (AvgIpc) is 2.50. The first-order valence-electron chi connectivity index (χ1n) is 7.15. The van der Waals surface area contributed by atoms with E-state index in [0.717, 1.165) is 0 Å². The van der Waals surface area contributed by atoms with Crippen LogP contribution in [0.4, 0.5) is 0 Å². The molecule has 1 aromatic rings. The van der Waals surface area contributed by atoms with Crippen molar-refractivity contribution in [3.63, 3.8) is 0 Å². The number of carbonyl (C=O) groups is 1. The Hall–Kier alpha value is -1.80. The first kappa shape index (κ1) is 19.2. The topological polar surface area (TPSA) is 102 Å². The van der Waals surface area contributed by atoms with E-state index >= 15 is 0 Å². The van der Waals surface area contributed by atoms with Gasteiger partial charge in [0.15, 0.2) is 0 Å². The van der Waals surface area contributed by atoms with Gasteiger partial charge in [0, 0.05) is 24.7 Å². The zero-order valence-electron chi connectivity index (χ0n) is 13.7. The molecule has 1 unspecified atom stereocenters. The lowest BCUT2D eigenvalue weighted by Gasteiger charge is -2.16. The van der Waals surface area contributed by atoms with Crippen molar-refractivity contribution < 1.29 is 27.8 Å². The quantitative estimate of drug-likeness (QED) is 0.707. The van der Waals surface area contributed by atoms with Crippen LogP contribution in [0.3, 0.4) is 0 Å². The highest BCUT2D eigenvalue weighted by molar-refractivity contribution is 7.89. The molecule has 0 aromatic heterocycles. The Morgan fingerprint density at radius 1 is 1.17 bits per heavy atom. The van der Waals surface area contributed by atoms with E-state index in [0.29, 0.717) is 17.9 Å². The van der Waals surface area contributed by atoms with Crippen LogP contribution >= 0.6 is 0 Å². The molecule has 0 heterocycles. The Kier molecular flexibility index (Phi) is 6.83. The van der Waals surface area contributed by atoms with Crippen molar-refractivity contribution in [1.82, 2.24) is 4.72 Å². The van der Waals surface area contributed by atoms with Gasteiger partial charge in [-0.1, -0.05) is 13.8 Å². The number of rotatable bonds is 9. The summed E-state index contributed by atoms with van der Waals surface area (Å²) in [5.41, 5.74) is 0. The highest BCUT2D eigenvalue weighted by atomic mass is 32.2. The number of hydrogen-bond donors (Lipinski definition) is 2. The van der Waals surface area contributed by atoms with Crippen molar-refractivity contribution in [2.45, 2.75) is 25.2 Å². The third kappa shape index (κ3) is 5.72. The molecule has 0 aliphatic heterocycles. The molecule has 0 radical (unpaired) electrons. The van der Waals surface area contributed by atoms with Gasteiger partial charge in [-0.3, -0.25) is 4.79 Å². The zero-order valence-corrected chi connectivity index (χ0v) is 14.5. The monoisotopic (exact) mass is 345 g/mol. The molecule has 1 aromatic carbocycles. The predicted molar refractivity (Wildman–Crippen MR) is 85.3 cm³/mol. The maximum Gasteiger partial charge on any atom is 0.307 e. The Morgan fingerprint density at radius 3 is 2.09 bits per heavy atom. The lowest BCUT2D eigenvalue weighted by Crippen LogP contribution is -2.33. The van der Waals surface area contributed by atoms with Gasteiger partial charge >= 0.3 is 5.97 Å². The van der Waals surface area contributed by atoms with Crippen molar-refractivity contribution in [3.8, 4) is 11.5 Å². The molecule has 0 aliphatic rings. The molecule has 1 atom stereocenters. The van der Waals surface area contributed by atoms with Crippen LogP contribution in [0.15, 0.2) is 23.1 Å². The van der Waals surface area contributed by atoms with E-state index in [4.69, 9.17) is 9.47 Å². The second kappa shape index (κ2) is 8.16. The lowest BCUT2D eigenvalue weighted by atomic mass is 9.98. The minimum absolute atomic E-state index is 0.0395. The summed E-state index contributed by atoms with van der Waals surface area (Å²) in [6, 6.07) is 4.25. The number of nitrogens with one attached hydrogen (secondary N) is 1. The largest absolute Gasteiger partial charge is 0.497 e. The van der Waals surface area contributed by atoms with E-state index < -0.39 is 21.9 Å². The molecule has 8 heteroatoms. The second-order valence-corrected chi connectivity index (χ2v) is 7.33. The molecule has 0 bridgehead atoms. The number of methoxy groups -OCH3 is 2. The molecule has 0 fully saturated rings. The summed E-state index contributed by atoms with van der Waals surface area (Å²) in [5, 5.41) is 9.18. The van der Waals surface area contributed by atoms with Crippen LogP contribution < -0.4 is 14.2 Å². The SMILES string of the molecule is COc1cc(OC)cc(S(=O)(=O)NCC(CC(C)C)C(=O)O)c1. The predicted octanol–water partition coefficient (Wildman–Crippen LogP) is 1.73. The van der Waals surface area contributed by atoms with Gasteiger partial charge in [-0.2, -0.15) is 0 Å². The van der Waals surface area contributed by atoms with E-state index in [9.17, 15) is 18.3 Å². The maximum absolute atomic E-state index is 12.4. The van der Waals surface area contributed by atoms with Gasteiger partial charge in [0.1, 0.15) is 11.5 Å². The Labute approximate surface area is 136 Å². The Morgan fingerprint density at radius 2 is 1.70 bits per heavy atom. The Balaban J connectivity index is 2.96. The molecule has 23 heavy (non-hydrogen) atoms. The minimum atomic E-state index is -3.86. The van der Waals surface area contributed by atoms with Gasteiger partial charge in [0.2, 0.25) is 10.0 Å². The number of hydrogen-bond acceptors (Lipinski definition) is 5. The van der Waals surface area contributed by atoms with Crippen LogP contribution in [0.2, 0.25) is 0 Å². The van der Waals surface area contributed by atoms with Gasteiger partial charge < -0.3 is 14.6 Å². The van der Waals surface area contributed by atoms with Gasteiger partial charge in [-0.25, -0.2) is 13.1 Å². The molecule has 130 valence electrons. The number of sulfonamides is 1. The van der Waals surface area contributed by atoms with E-state index in [2.05, 4.69) is 4.72 Å². The third-order valence-electron chi connectivity index (χ3n) is 3.26. The average molecular weight is 345 g/mol. The molecule has 1 rings (SSSR count). The molecular formula is C15H23NO6S. The summed E-state index contributed by atoms with van der Waals surface area (Å²) in [6.07, 6.45) is 0.388. The van der Waals surface area contributed by atoms with Crippen molar-refractivity contribution in [3.05, 3.63) is 18.2 Å². The van der Waals surface area contributed by atoms with Crippen LogP contribution in [0.5, 0.6) is 11.5 Å². The van der Waals surface area contributed by atoms with Crippen LogP contribution in [0, 0.1) is 11.8 Å². The van der Waals surface area contributed by atoms with Gasteiger partial charge in [-0.15, -0.1) is 0 Å².